The molecule has 0 aliphatic carbocycles. The van der Waals surface area contributed by atoms with Crippen LogP contribution in [0.4, 0.5) is 5.82 Å². The van der Waals surface area contributed by atoms with Crippen LogP contribution in [-0.2, 0) is 4.79 Å². The molecule has 0 unspecified atom stereocenters. The highest BCUT2D eigenvalue weighted by Gasteiger charge is 2.17. The molecule has 2 heterocycles. The number of carbonyl (C=O) groups excluding carboxylic acids is 1. The molecule has 0 aromatic carbocycles. The Bertz CT molecular complexity index is 550. The Morgan fingerprint density at radius 1 is 1.37 bits per heavy atom. The Kier molecular flexibility index (Phi) is 3.86. The van der Waals surface area contributed by atoms with Gasteiger partial charge in [0.15, 0.2) is 5.82 Å². The second-order valence-corrected chi connectivity index (χ2v) is 4.52. The molecule has 1 atom stereocenters. The highest BCUT2D eigenvalue weighted by atomic mass is 16.2. The van der Waals surface area contributed by atoms with Crippen LogP contribution in [0.15, 0.2) is 31.2 Å². The van der Waals surface area contributed by atoms with Crippen molar-refractivity contribution < 1.29 is 4.79 Å². The molecule has 0 saturated carbocycles. The standard InChI is InChI=1S/C12H16N6O/c1-8(2)11(13)12(19)17-10-5-18(7-16-10)9-3-14-6-15-4-9/h3-8,11H,13H2,1-2H3,(H,17,19)/t11-/m0/s1. The van der Waals surface area contributed by atoms with Crippen LogP contribution in [0.3, 0.4) is 0 Å². The third kappa shape index (κ3) is 3.14. The summed E-state index contributed by atoms with van der Waals surface area (Å²) in [6.45, 7) is 3.79. The van der Waals surface area contributed by atoms with Crippen LogP contribution in [0.2, 0.25) is 0 Å². The summed E-state index contributed by atoms with van der Waals surface area (Å²) >= 11 is 0. The highest BCUT2D eigenvalue weighted by molar-refractivity contribution is 5.93. The van der Waals surface area contributed by atoms with Crippen LogP contribution in [0.25, 0.3) is 5.69 Å². The van der Waals surface area contributed by atoms with Gasteiger partial charge in [0.25, 0.3) is 0 Å². The fraction of sp³-hybridized carbons (Fsp3) is 0.333. The molecule has 7 nitrogen and oxygen atoms in total. The van der Waals surface area contributed by atoms with Crippen LogP contribution in [0.1, 0.15) is 13.8 Å². The minimum atomic E-state index is -0.551. The van der Waals surface area contributed by atoms with Gasteiger partial charge < -0.3 is 15.6 Å². The molecule has 2 aromatic rings. The van der Waals surface area contributed by atoms with E-state index in [9.17, 15) is 4.79 Å². The number of anilines is 1. The van der Waals surface area contributed by atoms with Crippen molar-refractivity contribution in [2.45, 2.75) is 19.9 Å². The Labute approximate surface area is 110 Å². The summed E-state index contributed by atoms with van der Waals surface area (Å²) < 4.78 is 1.72. The number of nitrogens with one attached hydrogen (secondary N) is 1. The molecule has 0 bridgehead atoms. The maximum absolute atomic E-state index is 11.8. The van der Waals surface area contributed by atoms with Gasteiger partial charge in [-0.25, -0.2) is 15.0 Å². The van der Waals surface area contributed by atoms with Crippen molar-refractivity contribution in [1.82, 2.24) is 19.5 Å². The maximum Gasteiger partial charge on any atom is 0.242 e. The lowest BCUT2D eigenvalue weighted by Gasteiger charge is -2.13. The third-order valence-electron chi connectivity index (χ3n) is 2.70. The van der Waals surface area contributed by atoms with E-state index in [-0.39, 0.29) is 11.8 Å². The second kappa shape index (κ2) is 5.57. The normalized spacial score (nSPS) is 12.4. The number of aromatic nitrogens is 4. The molecule has 0 aliphatic rings. The van der Waals surface area contributed by atoms with Crippen molar-refractivity contribution in [3.8, 4) is 5.69 Å². The lowest BCUT2D eigenvalue weighted by Crippen LogP contribution is -2.39. The minimum Gasteiger partial charge on any atom is -0.320 e. The van der Waals surface area contributed by atoms with Gasteiger partial charge in [0.1, 0.15) is 12.7 Å². The molecule has 0 saturated heterocycles. The fourth-order valence-electron chi connectivity index (χ4n) is 1.47. The molecule has 0 radical (unpaired) electrons. The molecule has 2 rings (SSSR count). The molecule has 2 aromatic heterocycles. The Hall–Kier alpha value is -2.28. The van der Waals surface area contributed by atoms with Gasteiger partial charge in [-0.15, -0.1) is 0 Å². The van der Waals surface area contributed by atoms with E-state index in [2.05, 4.69) is 20.3 Å². The van der Waals surface area contributed by atoms with Crippen LogP contribution >= 0.6 is 0 Å². The molecule has 0 spiro atoms. The van der Waals surface area contributed by atoms with E-state index in [1.165, 1.54) is 6.33 Å². The predicted octanol–water partition coefficient (Wildman–Crippen LogP) is 0.584. The lowest BCUT2D eigenvalue weighted by atomic mass is 10.1. The van der Waals surface area contributed by atoms with Gasteiger partial charge in [-0.1, -0.05) is 13.8 Å². The summed E-state index contributed by atoms with van der Waals surface area (Å²) in [6, 6.07) is -0.551. The average Bonchev–Trinajstić information content (AvgIpc) is 2.87. The molecule has 1 amide bonds. The SMILES string of the molecule is CC(C)[C@H](N)C(=O)Nc1cn(-c2cncnc2)cn1. The van der Waals surface area contributed by atoms with E-state index >= 15 is 0 Å². The van der Waals surface area contributed by atoms with Gasteiger partial charge in [0.2, 0.25) is 5.91 Å². The number of rotatable bonds is 4. The first kappa shape index (κ1) is 13.2. The van der Waals surface area contributed by atoms with E-state index in [0.717, 1.165) is 5.69 Å². The second-order valence-electron chi connectivity index (χ2n) is 4.52. The number of imidazole rings is 1. The van der Waals surface area contributed by atoms with Gasteiger partial charge in [-0.05, 0) is 5.92 Å². The molecule has 7 heteroatoms. The summed E-state index contributed by atoms with van der Waals surface area (Å²) in [4.78, 5) is 23.7. The van der Waals surface area contributed by atoms with Gasteiger partial charge in [-0.3, -0.25) is 4.79 Å². The van der Waals surface area contributed by atoms with Crippen molar-refractivity contribution in [2.75, 3.05) is 5.32 Å². The highest BCUT2D eigenvalue weighted by Crippen LogP contribution is 2.10. The lowest BCUT2D eigenvalue weighted by molar-refractivity contribution is -0.118. The zero-order chi connectivity index (χ0) is 13.8. The quantitative estimate of drug-likeness (QED) is 0.838. The average molecular weight is 260 g/mol. The van der Waals surface area contributed by atoms with Gasteiger partial charge in [0.05, 0.1) is 30.3 Å². The van der Waals surface area contributed by atoms with E-state index in [1.807, 2.05) is 13.8 Å². The topological polar surface area (TPSA) is 98.7 Å². The third-order valence-corrected chi connectivity index (χ3v) is 2.70. The van der Waals surface area contributed by atoms with Crippen molar-refractivity contribution >= 4 is 11.7 Å². The van der Waals surface area contributed by atoms with Crippen molar-refractivity contribution in [3.05, 3.63) is 31.2 Å². The number of carbonyl (C=O) groups is 1. The zero-order valence-corrected chi connectivity index (χ0v) is 10.8. The first-order valence-corrected chi connectivity index (χ1v) is 5.93. The summed E-state index contributed by atoms with van der Waals surface area (Å²) in [7, 11) is 0. The van der Waals surface area contributed by atoms with Crippen LogP contribution in [0, 0.1) is 5.92 Å². The number of nitrogens with two attached hydrogens (primary N) is 1. The first-order valence-electron chi connectivity index (χ1n) is 5.93. The fourth-order valence-corrected chi connectivity index (χ4v) is 1.47. The summed E-state index contributed by atoms with van der Waals surface area (Å²) in [6.07, 6.45) is 8.02. The number of hydrogen-bond donors (Lipinski definition) is 2. The van der Waals surface area contributed by atoms with Crippen LogP contribution in [0.5, 0.6) is 0 Å². The first-order chi connectivity index (χ1) is 9.08. The van der Waals surface area contributed by atoms with Crippen LogP contribution in [-0.4, -0.2) is 31.5 Å². The van der Waals surface area contributed by atoms with Gasteiger partial charge >= 0.3 is 0 Å². The van der Waals surface area contributed by atoms with E-state index in [0.29, 0.717) is 5.82 Å². The summed E-state index contributed by atoms with van der Waals surface area (Å²) in [5, 5.41) is 2.68. The number of amides is 1. The van der Waals surface area contributed by atoms with Crippen molar-refractivity contribution in [3.63, 3.8) is 0 Å². The molecule has 19 heavy (non-hydrogen) atoms. The maximum atomic E-state index is 11.8. The number of hydrogen-bond acceptors (Lipinski definition) is 5. The number of nitrogens with zero attached hydrogens (tertiary/aromatic N) is 4. The largest absolute Gasteiger partial charge is 0.320 e. The summed E-state index contributed by atoms with van der Waals surface area (Å²) in [5.74, 6) is 0.277. The van der Waals surface area contributed by atoms with E-state index < -0.39 is 6.04 Å². The van der Waals surface area contributed by atoms with E-state index in [1.54, 1.807) is 29.5 Å². The Morgan fingerprint density at radius 3 is 2.68 bits per heavy atom. The van der Waals surface area contributed by atoms with Crippen LogP contribution < -0.4 is 11.1 Å². The Balaban J connectivity index is 2.08. The molecule has 100 valence electrons. The zero-order valence-electron chi connectivity index (χ0n) is 10.8. The minimum absolute atomic E-state index is 0.0737. The molecule has 3 N–H and O–H groups in total. The van der Waals surface area contributed by atoms with E-state index in [4.69, 9.17) is 5.73 Å². The Morgan fingerprint density at radius 2 is 2.05 bits per heavy atom. The predicted molar refractivity (Wildman–Crippen MR) is 70.6 cm³/mol. The molecular formula is C12H16N6O. The van der Waals surface area contributed by atoms with Crippen molar-refractivity contribution in [2.24, 2.45) is 11.7 Å². The van der Waals surface area contributed by atoms with Crippen molar-refractivity contribution in [1.29, 1.82) is 0 Å². The molecule has 0 aliphatic heterocycles. The molecular weight excluding hydrogens is 244 g/mol. The summed E-state index contributed by atoms with van der Waals surface area (Å²) in [5.41, 5.74) is 6.53. The monoisotopic (exact) mass is 260 g/mol. The van der Waals surface area contributed by atoms with Gasteiger partial charge in [-0.2, -0.15) is 0 Å². The van der Waals surface area contributed by atoms with Gasteiger partial charge in [0, 0.05) is 0 Å². The molecule has 0 fully saturated rings. The smallest absolute Gasteiger partial charge is 0.242 e.